The Morgan fingerprint density at radius 1 is 1.40 bits per heavy atom. The molecule has 0 radical (unpaired) electrons. The van der Waals surface area contributed by atoms with Crippen LogP contribution in [0.15, 0.2) is 18.2 Å². The quantitative estimate of drug-likeness (QED) is 0.842. The van der Waals surface area contributed by atoms with Crippen LogP contribution in [-0.2, 0) is 4.79 Å². The summed E-state index contributed by atoms with van der Waals surface area (Å²) < 4.78 is 5.34. The number of hydrogen-bond acceptors (Lipinski definition) is 3. The van der Waals surface area contributed by atoms with E-state index in [1.165, 1.54) is 0 Å². The largest absolute Gasteiger partial charge is 0.496 e. The van der Waals surface area contributed by atoms with Crippen LogP contribution >= 0.6 is 11.6 Å². The lowest BCUT2D eigenvalue weighted by Crippen LogP contribution is -2.32. The number of nitrogens with two attached hydrogens (primary N) is 1. The van der Waals surface area contributed by atoms with Crippen molar-refractivity contribution in [1.29, 1.82) is 0 Å². The predicted molar refractivity (Wildman–Crippen MR) is 82.3 cm³/mol. The molecule has 0 aliphatic rings. The molecule has 20 heavy (non-hydrogen) atoms. The van der Waals surface area contributed by atoms with Crippen molar-refractivity contribution in [3.63, 3.8) is 0 Å². The summed E-state index contributed by atoms with van der Waals surface area (Å²) in [5, 5.41) is 0.620. The van der Waals surface area contributed by atoms with E-state index in [9.17, 15) is 4.79 Å². The molecule has 1 aromatic carbocycles. The number of hydrogen-bond donors (Lipinski definition) is 1. The maximum atomic E-state index is 12.2. The van der Waals surface area contributed by atoms with E-state index >= 15 is 0 Å². The van der Waals surface area contributed by atoms with Crippen LogP contribution in [0.1, 0.15) is 31.7 Å². The van der Waals surface area contributed by atoms with E-state index in [0.717, 1.165) is 11.3 Å². The number of rotatable bonds is 7. The molecule has 1 unspecified atom stereocenters. The summed E-state index contributed by atoms with van der Waals surface area (Å²) in [6.07, 6.45) is 0.370. The van der Waals surface area contributed by atoms with Crippen molar-refractivity contribution >= 4 is 17.5 Å². The highest BCUT2D eigenvalue weighted by molar-refractivity contribution is 6.30. The van der Waals surface area contributed by atoms with E-state index in [2.05, 4.69) is 0 Å². The summed E-state index contributed by atoms with van der Waals surface area (Å²) in [6.45, 7) is 5.74. The van der Waals surface area contributed by atoms with Crippen LogP contribution in [-0.4, -0.2) is 37.6 Å². The lowest BCUT2D eigenvalue weighted by atomic mass is 9.94. The number of methoxy groups -OCH3 is 1. The number of nitrogens with zero attached hydrogens (tertiary/aromatic N) is 1. The Morgan fingerprint density at radius 3 is 2.55 bits per heavy atom. The molecule has 0 heterocycles. The Hall–Kier alpha value is -1.26. The SMILES string of the molecule is CCN(CC)C(=O)CC(CN)c1cc(Cl)ccc1OC. The molecule has 0 aromatic heterocycles. The van der Waals surface area contributed by atoms with Gasteiger partial charge in [-0.15, -0.1) is 0 Å². The molecular formula is C15H23ClN2O2. The predicted octanol–water partition coefficient (Wildman–Crippen LogP) is 2.65. The van der Waals surface area contributed by atoms with E-state index in [-0.39, 0.29) is 11.8 Å². The highest BCUT2D eigenvalue weighted by Gasteiger charge is 2.21. The first kappa shape index (κ1) is 16.8. The summed E-state index contributed by atoms with van der Waals surface area (Å²) >= 11 is 6.04. The van der Waals surface area contributed by atoms with E-state index in [4.69, 9.17) is 22.1 Å². The van der Waals surface area contributed by atoms with Crippen LogP contribution < -0.4 is 10.5 Å². The van der Waals surface area contributed by atoms with Gasteiger partial charge in [-0.3, -0.25) is 4.79 Å². The topological polar surface area (TPSA) is 55.6 Å². The monoisotopic (exact) mass is 298 g/mol. The molecule has 0 bridgehead atoms. The summed E-state index contributed by atoms with van der Waals surface area (Å²) in [5.41, 5.74) is 6.73. The van der Waals surface area contributed by atoms with Crippen LogP contribution in [0, 0.1) is 0 Å². The van der Waals surface area contributed by atoms with Crippen LogP contribution in [0.2, 0.25) is 5.02 Å². The van der Waals surface area contributed by atoms with Gasteiger partial charge in [-0.1, -0.05) is 11.6 Å². The summed E-state index contributed by atoms with van der Waals surface area (Å²) in [7, 11) is 1.60. The average molecular weight is 299 g/mol. The van der Waals surface area contributed by atoms with Crippen molar-refractivity contribution in [3.8, 4) is 5.75 Å². The van der Waals surface area contributed by atoms with E-state index in [1.54, 1.807) is 18.1 Å². The smallest absolute Gasteiger partial charge is 0.223 e. The number of carbonyl (C=O) groups excluding carboxylic acids is 1. The lowest BCUT2D eigenvalue weighted by molar-refractivity contribution is -0.131. The molecule has 1 aromatic rings. The van der Waals surface area contributed by atoms with Gasteiger partial charge in [0.1, 0.15) is 5.75 Å². The highest BCUT2D eigenvalue weighted by atomic mass is 35.5. The maximum Gasteiger partial charge on any atom is 0.223 e. The first-order valence-electron chi connectivity index (χ1n) is 6.88. The standard InChI is InChI=1S/C15H23ClN2O2/c1-4-18(5-2)15(19)8-11(10-17)13-9-12(16)6-7-14(13)20-3/h6-7,9,11H,4-5,8,10,17H2,1-3H3. The van der Waals surface area contributed by atoms with E-state index in [0.29, 0.717) is 31.1 Å². The van der Waals surface area contributed by atoms with Gasteiger partial charge in [-0.2, -0.15) is 0 Å². The Bertz CT molecular complexity index is 447. The molecule has 1 rings (SSSR count). The van der Waals surface area contributed by atoms with Crippen LogP contribution in [0.4, 0.5) is 0 Å². The molecule has 0 aliphatic carbocycles. The number of amides is 1. The van der Waals surface area contributed by atoms with Crippen molar-refractivity contribution in [3.05, 3.63) is 28.8 Å². The lowest BCUT2D eigenvalue weighted by Gasteiger charge is -2.23. The van der Waals surface area contributed by atoms with Crippen molar-refractivity contribution in [1.82, 2.24) is 4.90 Å². The zero-order valence-electron chi connectivity index (χ0n) is 12.4. The van der Waals surface area contributed by atoms with Gasteiger partial charge in [0, 0.05) is 36.0 Å². The molecule has 0 aliphatic heterocycles. The first-order valence-corrected chi connectivity index (χ1v) is 7.26. The van der Waals surface area contributed by atoms with Crippen molar-refractivity contribution < 1.29 is 9.53 Å². The van der Waals surface area contributed by atoms with Gasteiger partial charge < -0.3 is 15.4 Å². The third kappa shape index (κ3) is 4.12. The van der Waals surface area contributed by atoms with Crippen molar-refractivity contribution in [2.45, 2.75) is 26.2 Å². The second-order valence-electron chi connectivity index (χ2n) is 4.59. The molecule has 0 saturated heterocycles. The van der Waals surface area contributed by atoms with Gasteiger partial charge in [-0.25, -0.2) is 0 Å². The number of halogens is 1. The Morgan fingerprint density at radius 2 is 2.05 bits per heavy atom. The molecule has 2 N–H and O–H groups in total. The Balaban J connectivity index is 2.96. The fourth-order valence-electron chi connectivity index (χ4n) is 2.26. The van der Waals surface area contributed by atoms with Crippen LogP contribution in [0.5, 0.6) is 5.75 Å². The second kappa shape index (κ2) is 8.12. The molecular weight excluding hydrogens is 276 g/mol. The van der Waals surface area contributed by atoms with E-state index in [1.807, 2.05) is 26.0 Å². The molecule has 5 heteroatoms. The average Bonchev–Trinajstić information content (AvgIpc) is 2.46. The van der Waals surface area contributed by atoms with Gasteiger partial charge in [0.2, 0.25) is 5.91 Å². The molecule has 112 valence electrons. The summed E-state index contributed by atoms with van der Waals surface area (Å²) in [6, 6.07) is 5.40. The summed E-state index contributed by atoms with van der Waals surface area (Å²) in [4.78, 5) is 14.0. The van der Waals surface area contributed by atoms with Crippen LogP contribution in [0.25, 0.3) is 0 Å². The number of benzene rings is 1. The second-order valence-corrected chi connectivity index (χ2v) is 5.03. The van der Waals surface area contributed by atoms with E-state index < -0.39 is 0 Å². The minimum Gasteiger partial charge on any atom is -0.496 e. The first-order chi connectivity index (χ1) is 9.57. The molecule has 1 atom stereocenters. The third-order valence-corrected chi connectivity index (χ3v) is 3.69. The fraction of sp³-hybridized carbons (Fsp3) is 0.533. The van der Waals surface area contributed by atoms with Gasteiger partial charge in [0.05, 0.1) is 7.11 Å². The maximum absolute atomic E-state index is 12.2. The van der Waals surface area contributed by atoms with Crippen LogP contribution in [0.3, 0.4) is 0 Å². The number of ether oxygens (including phenoxy) is 1. The van der Waals surface area contributed by atoms with Gasteiger partial charge in [0.15, 0.2) is 0 Å². The molecule has 0 spiro atoms. The van der Waals surface area contributed by atoms with Crippen molar-refractivity contribution in [2.75, 3.05) is 26.7 Å². The molecule has 4 nitrogen and oxygen atoms in total. The minimum atomic E-state index is -0.0863. The third-order valence-electron chi connectivity index (χ3n) is 3.45. The highest BCUT2D eigenvalue weighted by Crippen LogP contribution is 2.31. The summed E-state index contributed by atoms with van der Waals surface area (Å²) in [5.74, 6) is 0.737. The number of carbonyl (C=O) groups is 1. The molecule has 0 saturated carbocycles. The zero-order chi connectivity index (χ0) is 15.1. The van der Waals surface area contributed by atoms with Crippen molar-refractivity contribution in [2.24, 2.45) is 5.73 Å². The Kier molecular flexibility index (Phi) is 6.82. The van der Waals surface area contributed by atoms with Gasteiger partial charge in [0.25, 0.3) is 0 Å². The fourth-order valence-corrected chi connectivity index (χ4v) is 2.44. The minimum absolute atomic E-state index is 0.0863. The van der Waals surface area contributed by atoms with Gasteiger partial charge >= 0.3 is 0 Å². The van der Waals surface area contributed by atoms with Gasteiger partial charge in [-0.05, 0) is 38.6 Å². The molecule has 1 amide bonds. The molecule has 0 fully saturated rings. The Labute approximate surface area is 125 Å². The normalized spacial score (nSPS) is 12.1. The zero-order valence-corrected chi connectivity index (χ0v) is 13.1.